The Morgan fingerprint density at radius 2 is 2.06 bits per heavy atom. The van der Waals surface area contributed by atoms with E-state index >= 15 is 0 Å². The smallest absolute Gasteiger partial charge is 0.413 e. The van der Waals surface area contributed by atoms with Crippen LogP contribution in [-0.4, -0.2) is 36.6 Å². The highest BCUT2D eigenvalue weighted by atomic mass is 35.7. The summed E-state index contributed by atoms with van der Waals surface area (Å²) in [5, 5.41) is 0. The quantitative estimate of drug-likeness (QED) is 0.196. The van der Waals surface area contributed by atoms with E-state index in [-0.39, 0.29) is 11.6 Å². The predicted molar refractivity (Wildman–Crippen MR) is 70.9 cm³/mol. The Kier molecular flexibility index (Phi) is 6.32. The van der Waals surface area contributed by atoms with Gasteiger partial charge in [0.25, 0.3) is 0 Å². The van der Waals surface area contributed by atoms with Crippen molar-refractivity contribution in [3.05, 3.63) is 5.53 Å². The standard InChI is InChI=1S/C10H16Cl2N2O3Si/c1-2-16-18(11,12)9-5-3-8(4-6-9)17-10(15)7-14-13/h7-9H,2-6H2,1H3. The van der Waals surface area contributed by atoms with E-state index in [1.54, 1.807) is 0 Å². The van der Waals surface area contributed by atoms with Gasteiger partial charge < -0.3 is 14.7 Å². The van der Waals surface area contributed by atoms with Gasteiger partial charge in [-0.2, -0.15) is 4.79 Å². The second kappa shape index (κ2) is 7.26. The SMILES string of the molecule is CCO[Si](Cl)(Cl)C1CCC(OC(=O)C=[N+]=[N-])CC1. The van der Waals surface area contributed by atoms with Gasteiger partial charge in [-0.1, -0.05) is 0 Å². The molecule has 1 aliphatic carbocycles. The number of rotatable bonds is 5. The summed E-state index contributed by atoms with van der Waals surface area (Å²) < 4.78 is 10.5. The summed E-state index contributed by atoms with van der Waals surface area (Å²) in [6.07, 6.45) is 3.56. The molecule has 0 aromatic carbocycles. The van der Waals surface area contributed by atoms with Crippen LogP contribution in [0.15, 0.2) is 0 Å². The van der Waals surface area contributed by atoms with E-state index in [0.29, 0.717) is 19.4 Å². The molecule has 5 nitrogen and oxygen atoms in total. The summed E-state index contributed by atoms with van der Waals surface area (Å²) in [6.45, 7) is -0.265. The first-order valence-electron chi connectivity index (χ1n) is 5.89. The molecule has 0 heterocycles. The second-order valence-corrected chi connectivity index (χ2v) is 10.3. The fraction of sp³-hybridized carbons (Fsp3) is 0.800. The van der Waals surface area contributed by atoms with Crippen molar-refractivity contribution in [2.45, 2.75) is 44.3 Å². The topological polar surface area (TPSA) is 71.9 Å². The van der Waals surface area contributed by atoms with Gasteiger partial charge in [0.1, 0.15) is 6.10 Å². The Bertz CT molecular complexity index is 340. The van der Waals surface area contributed by atoms with Crippen LogP contribution >= 0.6 is 22.2 Å². The number of hydrogen-bond donors (Lipinski definition) is 0. The summed E-state index contributed by atoms with van der Waals surface area (Å²) in [5.41, 5.74) is 8.37. The molecule has 1 rings (SSSR count). The van der Waals surface area contributed by atoms with Gasteiger partial charge in [-0.05, 0) is 32.6 Å². The molecule has 0 aliphatic heterocycles. The molecule has 0 radical (unpaired) electrons. The highest BCUT2D eigenvalue weighted by Crippen LogP contribution is 2.42. The van der Waals surface area contributed by atoms with Gasteiger partial charge in [0.15, 0.2) is 0 Å². The van der Waals surface area contributed by atoms with Gasteiger partial charge in [-0.25, -0.2) is 4.79 Å². The lowest BCUT2D eigenvalue weighted by Gasteiger charge is -2.32. The lowest BCUT2D eigenvalue weighted by atomic mass is 9.97. The lowest BCUT2D eigenvalue weighted by molar-refractivity contribution is -0.145. The van der Waals surface area contributed by atoms with E-state index in [0.717, 1.165) is 19.1 Å². The molecule has 1 saturated carbocycles. The van der Waals surface area contributed by atoms with Crippen LogP contribution in [0.2, 0.25) is 5.54 Å². The summed E-state index contributed by atoms with van der Waals surface area (Å²) in [7, 11) is 0. The predicted octanol–water partition coefficient (Wildman–Crippen LogP) is 2.60. The molecule has 0 N–H and O–H groups in total. The van der Waals surface area contributed by atoms with Crippen LogP contribution in [-0.2, 0) is 14.0 Å². The first kappa shape index (κ1) is 15.7. The highest BCUT2D eigenvalue weighted by Gasteiger charge is 2.43. The molecule has 0 amide bonds. The van der Waals surface area contributed by atoms with Crippen molar-refractivity contribution >= 4 is 41.3 Å². The van der Waals surface area contributed by atoms with Crippen LogP contribution in [0.3, 0.4) is 0 Å². The molecule has 0 spiro atoms. The van der Waals surface area contributed by atoms with Crippen molar-refractivity contribution in [3.8, 4) is 0 Å². The van der Waals surface area contributed by atoms with Gasteiger partial charge in [-0.15, -0.1) is 22.2 Å². The maximum Gasteiger partial charge on any atom is 0.413 e. The minimum Gasteiger partial charge on any atom is -0.454 e. The molecule has 1 fully saturated rings. The van der Waals surface area contributed by atoms with E-state index in [1.165, 1.54) is 0 Å². The normalized spacial score (nSPS) is 24.2. The van der Waals surface area contributed by atoms with Crippen molar-refractivity contribution in [2.75, 3.05) is 6.61 Å². The Balaban J connectivity index is 2.41. The third kappa shape index (κ3) is 4.70. The average Bonchev–Trinajstić information content (AvgIpc) is 2.30. The molecule has 0 atom stereocenters. The van der Waals surface area contributed by atoms with E-state index in [2.05, 4.69) is 4.79 Å². The Morgan fingerprint density at radius 1 is 1.44 bits per heavy atom. The van der Waals surface area contributed by atoms with Gasteiger partial charge in [0.05, 0.1) is 0 Å². The number of carbonyl (C=O) groups excluding carboxylic acids is 1. The highest BCUT2D eigenvalue weighted by molar-refractivity contribution is 7.42. The van der Waals surface area contributed by atoms with Crippen molar-refractivity contribution < 1.29 is 18.7 Å². The monoisotopic (exact) mass is 310 g/mol. The minimum atomic E-state index is -2.65. The van der Waals surface area contributed by atoms with E-state index in [4.69, 9.17) is 36.9 Å². The summed E-state index contributed by atoms with van der Waals surface area (Å²) in [5.74, 6) is -0.633. The van der Waals surface area contributed by atoms with E-state index < -0.39 is 12.9 Å². The molecule has 0 aromatic rings. The summed E-state index contributed by atoms with van der Waals surface area (Å²) in [4.78, 5) is 13.7. The van der Waals surface area contributed by atoms with Crippen molar-refractivity contribution in [3.63, 3.8) is 0 Å². The van der Waals surface area contributed by atoms with E-state index in [9.17, 15) is 4.79 Å². The van der Waals surface area contributed by atoms with Crippen LogP contribution in [0.25, 0.3) is 5.53 Å². The Morgan fingerprint density at radius 3 is 2.56 bits per heavy atom. The molecule has 1 aliphatic rings. The second-order valence-electron chi connectivity index (χ2n) is 4.15. The average molecular weight is 311 g/mol. The number of ether oxygens (including phenoxy) is 1. The molecule has 0 aromatic heterocycles. The van der Waals surface area contributed by atoms with Gasteiger partial charge in [0, 0.05) is 12.1 Å². The van der Waals surface area contributed by atoms with Crippen LogP contribution in [0.4, 0.5) is 0 Å². The number of hydrogen-bond acceptors (Lipinski definition) is 3. The number of halogens is 2. The number of esters is 1. The molecule has 8 heteroatoms. The lowest BCUT2D eigenvalue weighted by Crippen LogP contribution is -2.36. The zero-order valence-electron chi connectivity index (χ0n) is 10.1. The third-order valence-electron chi connectivity index (χ3n) is 2.93. The van der Waals surface area contributed by atoms with Crippen molar-refractivity contribution in [1.82, 2.24) is 0 Å². The number of carbonyl (C=O) groups is 1. The fourth-order valence-electron chi connectivity index (χ4n) is 2.07. The first-order chi connectivity index (χ1) is 8.49. The zero-order chi connectivity index (χ0) is 13.6. The summed E-state index contributed by atoms with van der Waals surface area (Å²) >= 11 is 12.5. The van der Waals surface area contributed by atoms with Crippen LogP contribution in [0, 0.1) is 0 Å². The van der Waals surface area contributed by atoms with Crippen molar-refractivity contribution in [2.24, 2.45) is 0 Å². The van der Waals surface area contributed by atoms with E-state index in [1.807, 2.05) is 6.92 Å². The van der Waals surface area contributed by atoms with Crippen molar-refractivity contribution in [1.29, 1.82) is 0 Å². The third-order valence-corrected chi connectivity index (χ3v) is 7.64. The number of nitrogens with zero attached hydrogens (tertiary/aromatic N) is 2. The maximum atomic E-state index is 11.1. The van der Waals surface area contributed by atoms with Gasteiger partial charge >= 0.3 is 19.1 Å². The maximum absolute atomic E-state index is 11.1. The molecular weight excluding hydrogens is 295 g/mol. The molecular formula is C10H16Cl2N2O3Si. The molecule has 0 bridgehead atoms. The first-order valence-corrected chi connectivity index (χ1v) is 9.90. The molecule has 0 unspecified atom stereocenters. The Labute approximate surface area is 117 Å². The van der Waals surface area contributed by atoms with Crippen LogP contribution < -0.4 is 0 Å². The van der Waals surface area contributed by atoms with Crippen LogP contribution in [0.5, 0.6) is 0 Å². The molecule has 0 saturated heterocycles. The largest absolute Gasteiger partial charge is 0.454 e. The zero-order valence-corrected chi connectivity index (χ0v) is 12.7. The Hall–Kier alpha value is -0.393. The summed E-state index contributed by atoms with van der Waals surface area (Å²) in [6, 6.07) is 0. The van der Waals surface area contributed by atoms with Gasteiger partial charge in [-0.3, -0.25) is 0 Å². The molecule has 102 valence electrons. The van der Waals surface area contributed by atoms with Crippen LogP contribution in [0.1, 0.15) is 32.6 Å². The molecule has 18 heavy (non-hydrogen) atoms. The minimum absolute atomic E-state index is 0.161. The van der Waals surface area contributed by atoms with Gasteiger partial charge in [0.2, 0.25) is 0 Å². The fourth-order valence-corrected chi connectivity index (χ4v) is 5.66.